The summed E-state index contributed by atoms with van der Waals surface area (Å²) < 4.78 is 0. The topological polar surface area (TPSA) is 40.5 Å². The van der Waals surface area contributed by atoms with Crippen LogP contribution < -0.4 is 0 Å². The maximum Gasteiger partial charge on any atom is 0.157 e. The van der Waals surface area contributed by atoms with E-state index in [1.807, 2.05) is 6.92 Å². The van der Waals surface area contributed by atoms with Crippen molar-refractivity contribution in [2.24, 2.45) is 0 Å². The molecule has 3 nitrogen and oxygen atoms in total. The van der Waals surface area contributed by atoms with E-state index in [-0.39, 0.29) is 12.4 Å². The lowest BCUT2D eigenvalue weighted by molar-refractivity contribution is -0.114. The molecular weight excluding hydrogens is 210 g/mol. The quantitative estimate of drug-likeness (QED) is 0.743. The molecule has 1 fully saturated rings. The third-order valence-electron chi connectivity index (χ3n) is 2.51. The van der Waals surface area contributed by atoms with Gasteiger partial charge in [-0.15, -0.1) is 11.8 Å². The molecule has 0 unspecified atom stereocenters. The summed E-state index contributed by atoms with van der Waals surface area (Å²) in [4.78, 5) is 13.5. The van der Waals surface area contributed by atoms with Crippen LogP contribution in [-0.4, -0.2) is 34.7 Å². The van der Waals surface area contributed by atoms with Gasteiger partial charge in [-0.3, -0.25) is 4.79 Å². The highest BCUT2D eigenvalue weighted by Crippen LogP contribution is 2.31. The van der Waals surface area contributed by atoms with Crippen LogP contribution >= 0.6 is 11.8 Å². The molecule has 0 aromatic carbocycles. The lowest BCUT2D eigenvalue weighted by atomic mass is 10.1. The van der Waals surface area contributed by atoms with Crippen molar-refractivity contribution in [1.29, 1.82) is 0 Å². The predicted octanol–water partition coefficient (Wildman–Crippen LogP) is 1.75. The number of thioether (sulfide) groups is 1. The first-order chi connectivity index (χ1) is 7.07. The van der Waals surface area contributed by atoms with Crippen LogP contribution in [0.1, 0.15) is 20.3 Å². The Morgan fingerprint density at radius 2 is 2.27 bits per heavy atom. The van der Waals surface area contributed by atoms with Gasteiger partial charge in [-0.25, -0.2) is 0 Å². The molecule has 0 spiro atoms. The summed E-state index contributed by atoms with van der Waals surface area (Å²) in [5, 5.41) is 9.90. The average molecular weight is 227 g/mol. The number of ketones is 1. The molecule has 0 aromatic heterocycles. The smallest absolute Gasteiger partial charge is 0.157 e. The molecular formula is C11H17NO2S. The predicted molar refractivity (Wildman–Crippen MR) is 63.4 cm³/mol. The van der Waals surface area contributed by atoms with E-state index in [2.05, 4.69) is 11.5 Å². The Labute approximate surface area is 94.8 Å². The minimum atomic E-state index is 0.0136. The summed E-state index contributed by atoms with van der Waals surface area (Å²) in [6.07, 6.45) is 0.426. The second kappa shape index (κ2) is 5.37. The van der Waals surface area contributed by atoms with E-state index in [0.29, 0.717) is 12.0 Å². The van der Waals surface area contributed by atoms with E-state index in [4.69, 9.17) is 5.11 Å². The van der Waals surface area contributed by atoms with Gasteiger partial charge in [0.05, 0.1) is 5.03 Å². The minimum absolute atomic E-state index is 0.0136. The Morgan fingerprint density at radius 3 is 2.67 bits per heavy atom. The molecule has 0 aromatic rings. The van der Waals surface area contributed by atoms with Crippen LogP contribution in [0.3, 0.4) is 0 Å². The van der Waals surface area contributed by atoms with Crippen molar-refractivity contribution < 1.29 is 9.90 Å². The maximum atomic E-state index is 11.4. The lowest BCUT2D eigenvalue weighted by Crippen LogP contribution is -2.19. The van der Waals surface area contributed by atoms with Crippen LogP contribution in [0, 0.1) is 0 Å². The van der Waals surface area contributed by atoms with Gasteiger partial charge < -0.3 is 10.0 Å². The van der Waals surface area contributed by atoms with Crippen molar-refractivity contribution in [1.82, 2.24) is 4.90 Å². The van der Waals surface area contributed by atoms with E-state index in [1.165, 1.54) is 0 Å². The number of Topliss-reactive ketones (excluding diaryl/α,β-unsaturated/α-hetero) is 1. The number of rotatable bonds is 4. The summed E-state index contributed by atoms with van der Waals surface area (Å²) >= 11 is 1.70. The third kappa shape index (κ3) is 2.86. The van der Waals surface area contributed by atoms with Crippen LogP contribution in [0.25, 0.3) is 0 Å². The highest BCUT2D eigenvalue weighted by molar-refractivity contribution is 8.03. The molecule has 4 heteroatoms. The van der Waals surface area contributed by atoms with Gasteiger partial charge in [0.2, 0.25) is 0 Å². The molecule has 1 heterocycles. The molecule has 0 radical (unpaired) electrons. The van der Waals surface area contributed by atoms with Crippen molar-refractivity contribution >= 4 is 17.5 Å². The van der Waals surface area contributed by atoms with Gasteiger partial charge in [0.1, 0.15) is 0 Å². The molecule has 1 aliphatic rings. The zero-order valence-corrected chi connectivity index (χ0v) is 10.1. The number of allylic oxidation sites excluding steroid dienone is 1. The lowest BCUT2D eigenvalue weighted by Gasteiger charge is -2.21. The molecule has 0 amide bonds. The van der Waals surface area contributed by atoms with Crippen molar-refractivity contribution in [3.63, 3.8) is 0 Å². The SMILES string of the molecule is C=C1SCCN1/C(C)=C(/CCO)C(C)=O. The van der Waals surface area contributed by atoms with Crippen LogP contribution in [0.4, 0.5) is 0 Å². The van der Waals surface area contributed by atoms with E-state index in [1.54, 1.807) is 18.7 Å². The standard InChI is InChI=1S/C11H17NO2S/c1-8(11(4-6-13)9(2)14)12-5-7-15-10(12)3/h13H,3-7H2,1-2H3/b11-8-. The Kier molecular flexibility index (Phi) is 4.42. The van der Waals surface area contributed by atoms with Crippen molar-refractivity contribution in [3.8, 4) is 0 Å². The van der Waals surface area contributed by atoms with Gasteiger partial charge in [0.15, 0.2) is 5.78 Å². The molecule has 1 N–H and O–H groups in total. The van der Waals surface area contributed by atoms with Crippen LogP contribution in [0.15, 0.2) is 22.9 Å². The monoisotopic (exact) mass is 227 g/mol. The summed E-state index contributed by atoms with van der Waals surface area (Å²) in [6, 6.07) is 0. The molecule has 1 rings (SSSR count). The number of carbonyl (C=O) groups is 1. The van der Waals surface area contributed by atoms with Gasteiger partial charge in [0, 0.05) is 36.6 Å². The molecule has 1 saturated heterocycles. The molecule has 84 valence electrons. The fourth-order valence-electron chi connectivity index (χ4n) is 1.70. The van der Waals surface area contributed by atoms with Crippen LogP contribution in [0.5, 0.6) is 0 Å². The van der Waals surface area contributed by atoms with Crippen molar-refractivity contribution in [2.75, 3.05) is 18.9 Å². The Hall–Kier alpha value is -0.740. The molecule has 15 heavy (non-hydrogen) atoms. The molecule has 0 atom stereocenters. The van der Waals surface area contributed by atoms with Crippen molar-refractivity contribution in [2.45, 2.75) is 20.3 Å². The minimum Gasteiger partial charge on any atom is -0.396 e. The fourth-order valence-corrected chi connectivity index (χ4v) is 2.59. The summed E-state index contributed by atoms with van der Waals surface area (Å²) in [5.74, 6) is 1.05. The van der Waals surface area contributed by atoms with Crippen LogP contribution in [0.2, 0.25) is 0 Å². The van der Waals surface area contributed by atoms with E-state index < -0.39 is 0 Å². The summed E-state index contributed by atoms with van der Waals surface area (Å²) in [5.41, 5.74) is 1.65. The molecule has 0 bridgehead atoms. The highest BCUT2D eigenvalue weighted by Gasteiger charge is 2.20. The first-order valence-corrected chi connectivity index (χ1v) is 5.97. The Balaban J connectivity index is 2.92. The van der Waals surface area contributed by atoms with E-state index in [9.17, 15) is 4.79 Å². The van der Waals surface area contributed by atoms with E-state index >= 15 is 0 Å². The number of hydrogen-bond acceptors (Lipinski definition) is 4. The first kappa shape index (κ1) is 12.3. The Bertz CT molecular complexity index is 310. The van der Waals surface area contributed by atoms with Gasteiger partial charge in [-0.2, -0.15) is 0 Å². The number of hydrogen-bond donors (Lipinski definition) is 1. The summed E-state index contributed by atoms with van der Waals surface area (Å²) in [6.45, 7) is 8.32. The maximum absolute atomic E-state index is 11.4. The van der Waals surface area contributed by atoms with Crippen LogP contribution in [-0.2, 0) is 4.79 Å². The first-order valence-electron chi connectivity index (χ1n) is 4.98. The number of carbonyl (C=O) groups excluding carboxylic acids is 1. The second-order valence-electron chi connectivity index (χ2n) is 3.49. The zero-order chi connectivity index (χ0) is 11.4. The third-order valence-corrected chi connectivity index (χ3v) is 3.45. The molecule has 1 aliphatic heterocycles. The number of aliphatic hydroxyl groups is 1. The summed E-state index contributed by atoms with van der Waals surface area (Å²) in [7, 11) is 0. The normalized spacial score (nSPS) is 18.1. The van der Waals surface area contributed by atoms with E-state index in [0.717, 1.165) is 23.0 Å². The number of nitrogens with zero attached hydrogens (tertiary/aromatic N) is 1. The van der Waals surface area contributed by atoms with Gasteiger partial charge in [0.25, 0.3) is 0 Å². The highest BCUT2D eigenvalue weighted by atomic mass is 32.2. The average Bonchev–Trinajstić information content (AvgIpc) is 2.59. The second-order valence-corrected chi connectivity index (χ2v) is 4.66. The fraction of sp³-hybridized carbons (Fsp3) is 0.545. The molecule has 0 saturated carbocycles. The van der Waals surface area contributed by atoms with Gasteiger partial charge in [-0.05, 0) is 13.8 Å². The van der Waals surface area contributed by atoms with Crippen molar-refractivity contribution in [3.05, 3.63) is 22.9 Å². The largest absolute Gasteiger partial charge is 0.396 e. The number of aliphatic hydroxyl groups excluding tert-OH is 1. The van der Waals surface area contributed by atoms with Gasteiger partial charge >= 0.3 is 0 Å². The molecule has 0 aliphatic carbocycles. The zero-order valence-electron chi connectivity index (χ0n) is 9.25. The van der Waals surface area contributed by atoms with Gasteiger partial charge in [-0.1, -0.05) is 6.58 Å². The Morgan fingerprint density at radius 1 is 1.60 bits per heavy atom.